The molecule has 22 heavy (non-hydrogen) atoms. The Hall–Kier alpha value is -1.55. The molecule has 1 aliphatic carbocycles. The van der Waals surface area contributed by atoms with Crippen LogP contribution in [0.1, 0.15) is 37.7 Å². The average Bonchev–Trinajstić information content (AvgIpc) is 3.29. The molecule has 1 saturated carbocycles. The quantitative estimate of drug-likeness (QED) is 0.895. The van der Waals surface area contributed by atoms with Gasteiger partial charge in [0.1, 0.15) is 0 Å². The van der Waals surface area contributed by atoms with Gasteiger partial charge in [0.25, 0.3) is 0 Å². The monoisotopic (exact) mass is 299 g/mol. The largest absolute Gasteiger partial charge is 0.384 e. The molecule has 1 aromatic rings. The highest BCUT2D eigenvalue weighted by molar-refractivity contribution is 5.76. The molecule has 0 unspecified atom stereocenters. The van der Waals surface area contributed by atoms with Crippen molar-refractivity contribution in [1.82, 2.24) is 10.2 Å². The fourth-order valence-electron chi connectivity index (χ4n) is 3.90. The highest BCUT2D eigenvalue weighted by Gasteiger charge is 2.41. The molecule has 1 saturated heterocycles. The molecular weight excluding hydrogens is 274 g/mol. The number of nitrogens with one attached hydrogen (secondary N) is 2. The van der Waals surface area contributed by atoms with E-state index in [0.717, 1.165) is 26.2 Å². The Bertz CT molecular complexity index is 559. The fraction of sp³-hybridized carbons (Fsp3) is 0.611. The molecule has 4 heteroatoms. The van der Waals surface area contributed by atoms with E-state index in [2.05, 4.69) is 39.8 Å². The molecule has 0 bridgehead atoms. The van der Waals surface area contributed by atoms with Crippen LogP contribution in [0.15, 0.2) is 24.3 Å². The van der Waals surface area contributed by atoms with Crippen LogP contribution >= 0.6 is 0 Å². The van der Waals surface area contributed by atoms with E-state index in [4.69, 9.17) is 0 Å². The van der Waals surface area contributed by atoms with Crippen molar-refractivity contribution in [2.45, 2.75) is 43.6 Å². The molecule has 118 valence electrons. The number of hydrogen-bond acceptors (Lipinski definition) is 3. The van der Waals surface area contributed by atoms with Crippen LogP contribution in [0.4, 0.5) is 5.69 Å². The van der Waals surface area contributed by atoms with E-state index in [1.807, 2.05) is 0 Å². The van der Waals surface area contributed by atoms with Crippen molar-refractivity contribution >= 4 is 11.6 Å². The van der Waals surface area contributed by atoms with Crippen LogP contribution < -0.4 is 10.6 Å². The number of carbonyl (C=O) groups is 1. The van der Waals surface area contributed by atoms with Gasteiger partial charge in [-0.2, -0.15) is 0 Å². The van der Waals surface area contributed by atoms with Crippen molar-refractivity contribution in [2.24, 2.45) is 0 Å². The number of hydrogen-bond donors (Lipinski definition) is 2. The van der Waals surface area contributed by atoms with E-state index >= 15 is 0 Å². The second-order valence-electron chi connectivity index (χ2n) is 7.11. The number of rotatable bonds is 4. The topological polar surface area (TPSA) is 44.4 Å². The average molecular weight is 299 g/mol. The Labute approximate surface area is 132 Å². The molecule has 2 aliphatic heterocycles. The number of amides is 1. The molecule has 4 nitrogen and oxygen atoms in total. The Kier molecular flexibility index (Phi) is 3.57. The third kappa shape index (κ3) is 2.72. The van der Waals surface area contributed by atoms with Gasteiger partial charge in [-0.1, -0.05) is 18.2 Å². The van der Waals surface area contributed by atoms with Gasteiger partial charge in [0.05, 0.1) is 0 Å². The number of fused-ring (bicyclic) bond motifs is 2. The van der Waals surface area contributed by atoms with Crippen molar-refractivity contribution in [3.63, 3.8) is 0 Å². The normalized spacial score (nSPS) is 23.1. The number of carbonyl (C=O) groups excluding carboxylic acids is 1. The third-order valence-corrected chi connectivity index (χ3v) is 5.53. The molecule has 4 rings (SSSR count). The predicted octanol–water partition coefficient (Wildman–Crippen LogP) is 2.11. The summed E-state index contributed by atoms with van der Waals surface area (Å²) in [7, 11) is 0. The van der Waals surface area contributed by atoms with Crippen molar-refractivity contribution < 1.29 is 4.79 Å². The molecule has 3 aliphatic rings. The fourth-order valence-corrected chi connectivity index (χ4v) is 3.90. The maximum Gasteiger partial charge on any atom is 0.221 e. The van der Waals surface area contributed by atoms with Gasteiger partial charge in [-0.25, -0.2) is 0 Å². The SMILES string of the molecule is O=C(CCN1CCC2(CC1)CNc1ccccc12)NC1CC1. The summed E-state index contributed by atoms with van der Waals surface area (Å²) >= 11 is 0. The summed E-state index contributed by atoms with van der Waals surface area (Å²) in [6.07, 6.45) is 5.38. The molecule has 1 aromatic carbocycles. The van der Waals surface area contributed by atoms with Gasteiger partial charge in [0.15, 0.2) is 0 Å². The van der Waals surface area contributed by atoms with Crippen LogP contribution in [-0.4, -0.2) is 43.0 Å². The van der Waals surface area contributed by atoms with Gasteiger partial charge < -0.3 is 15.5 Å². The van der Waals surface area contributed by atoms with Crippen molar-refractivity contribution in [2.75, 3.05) is 31.5 Å². The van der Waals surface area contributed by atoms with Gasteiger partial charge in [-0.05, 0) is 50.4 Å². The lowest BCUT2D eigenvalue weighted by Gasteiger charge is -2.39. The maximum absolute atomic E-state index is 11.8. The summed E-state index contributed by atoms with van der Waals surface area (Å²) in [6, 6.07) is 9.23. The zero-order chi connectivity index (χ0) is 15.0. The molecule has 2 fully saturated rings. The Morgan fingerprint density at radius 2 is 2.05 bits per heavy atom. The summed E-state index contributed by atoms with van der Waals surface area (Å²) in [5.41, 5.74) is 3.14. The maximum atomic E-state index is 11.8. The number of nitrogens with zero attached hydrogens (tertiary/aromatic N) is 1. The second kappa shape index (κ2) is 5.58. The Morgan fingerprint density at radius 3 is 2.82 bits per heavy atom. The molecule has 0 radical (unpaired) electrons. The number of likely N-dealkylation sites (tertiary alicyclic amines) is 1. The first-order valence-electron chi connectivity index (χ1n) is 8.60. The number of piperidine rings is 1. The van der Waals surface area contributed by atoms with Gasteiger partial charge in [0.2, 0.25) is 5.91 Å². The molecule has 1 amide bonds. The number of anilines is 1. The van der Waals surface area contributed by atoms with E-state index in [-0.39, 0.29) is 5.91 Å². The molecular formula is C18H25N3O. The van der Waals surface area contributed by atoms with E-state index in [9.17, 15) is 4.79 Å². The van der Waals surface area contributed by atoms with Crippen LogP contribution in [0.25, 0.3) is 0 Å². The summed E-state index contributed by atoms with van der Waals surface area (Å²) in [6.45, 7) is 4.19. The summed E-state index contributed by atoms with van der Waals surface area (Å²) in [4.78, 5) is 14.3. The third-order valence-electron chi connectivity index (χ3n) is 5.53. The molecule has 2 heterocycles. The van der Waals surface area contributed by atoms with Gasteiger partial charge in [-0.15, -0.1) is 0 Å². The molecule has 2 N–H and O–H groups in total. The van der Waals surface area contributed by atoms with Crippen molar-refractivity contribution in [3.05, 3.63) is 29.8 Å². The number of para-hydroxylation sites is 1. The summed E-state index contributed by atoms with van der Waals surface area (Å²) < 4.78 is 0. The van der Waals surface area contributed by atoms with Crippen LogP contribution in [0, 0.1) is 0 Å². The van der Waals surface area contributed by atoms with E-state index in [1.165, 1.54) is 36.9 Å². The summed E-state index contributed by atoms with van der Waals surface area (Å²) in [5, 5.41) is 6.65. The Balaban J connectivity index is 1.30. The minimum atomic E-state index is 0.232. The Morgan fingerprint density at radius 1 is 1.27 bits per heavy atom. The van der Waals surface area contributed by atoms with Crippen LogP contribution in [-0.2, 0) is 10.2 Å². The highest BCUT2D eigenvalue weighted by Crippen LogP contribution is 2.43. The molecule has 0 aromatic heterocycles. The van der Waals surface area contributed by atoms with E-state index in [1.54, 1.807) is 0 Å². The van der Waals surface area contributed by atoms with Gasteiger partial charge in [-0.3, -0.25) is 4.79 Å². The van der Waals surface area contributed by atoms with Gasteiger partial charge in [0, 0.05) is 36.7 Å². The minimum absolute atomic E-state index is 0.232. The predicted molar refractivity (Wildman–Crippen MR) is 88.1 cm³/mol. The van der Waals surface area contributed by atoms with Crippen LogP contribution in [0.2, 0.25) is 0 Å². The van der Waals surface area contributed by atoms with E-state index in [0.29, 0.717) is 17.9 Å². The van der Waals surface area contributed by atoms with Crippen LogP contribution in [0.5, 0.6) is 0 Å². The first kappa shape index (κ1) is 14.1. The van der Waals surface area contributed by atoms with Crippen molar-refractivity contribution in [1.29, 1.82) is 0 Å². The zero-order valence-corrected chi connectivity index (χ0v) is 13.1. The lowest BCUT2D eigenvalue weighted by atomic mass is 9.74. The smallest absolute Gasteiger partial charge is 0.221 e. The first-order chi connectivity index (χ1) is 10.8. The first-order valence-corrected chi connectivity index (χ1v) is 8.60. The summed E-state index contributed by atoms with van der Waals surface area (Å²) in [5.74, 6) is 0.232. The number of benzene rings is 1. The zero-order valence-electron chi connectivity index (χ0n) is 13.1. The lowest BCUT2D eigenvalue weighted by molar-refractivity contribution is -0.121. The van der Waals surface area contributed by atoms with Crippen molar-refractivity contribution in [3.8, 4) is 0 Å². The highest BCUT2D eigenvalue weighted by atomic mass is 16.1. The lowest BCUT2D eigenvalue weighted by Crippen LogP contribution is -2.44. The standard InChI is InChI=1S/C18H25N3O/c22-17(20-14-5-6-14)7-10-21-11-8-18(9-12-21)13-19-16-4-2-1-3-15(16)18/h1-4,14,19H,5-13H2,(H,20,22). The molecule has 0 atom stereocenters. The molecule has 1 spiro atoms. The minimum Gasteiger partial charge on any atom is -0.384 e. The van der Waals surface area contributed by atoms with E-state index < -0.39 is 0 Å². The van der Waals surface area contributed by atoms with Gasteiger partial charge >= 0.3 is 0 Å². The second-order valence-corrected chi connectivity index (χ2v) is 7.11. The van der Waals surface area contributed by atoms with Crippen LogP contribution in [0.3, 0.4) is 0 Å².